The first kappa shape index (κ1) is 19.0. The Morgan fingerprint density at radius 2 is 1.76 bits per heavy atom. The Hall–Kier alpha value is -2.34. The molecule has 2 amide bonds. The quantitative estimate of drug-likeness (QED) is 0.633. The molecule has 0 saturated heterocycles. The molecule has 25 heavy (non-hydrogen) atoms. The lowest BCUT2D eigenvalue weighted by atomic mass is 9.84. The molecule has 2 aromatic rings. The third kappa shape index (κ3) is 5.32. The first-order chi connectivity index (χ1) is 11.8. The fraction of sp³-hybridized carbons (Fsp3) is 0.263. The van der Waals surface area contributed by atoms with Crippen LogP contribution in [0.2, 0.25) is 0 Å². The fourth-order valence-electron chi connectivity index (χ4n) is 2.27. The molecule has 0 heterocycles. The standard InChI is InChI=1S/C19H21FN2O2S/c1-19(2,13-7-9-14(20)10-8-13)12-21-17(23)18(24)22-15-5-4-6-16(11-15)25-3/h4-11H,12H2,1-3H3,(H,21,23)(H,22,24). The van der Waals surface area contributed by atoms with Gasteiger partial charge in [-0.1, -0.05) is 32.0 Å². The molecule has 0 aromatic heterocycles. The lowest BCUT2D eigenvalue weighted by Gasteiger charge is -2.25. The van der Waals surface area contributed by atoms with E-state index < -0.39 is 17.2 Å². The van der Waals surface area contributed by atoms with E-state index in [0.717, 1.165) is 10.5 Å². The maximum absolute atomic E-state index is 13.0. The van der Waals surface area contributed by atoms with E-state index in [-0.39, 0.29) is 12.4 Å². The zero-order chi connectivity index (χ0) is 18.4. The Morgan fingerprint density at radius 1 is 1.08 bits per heavy atom. The van der Waals surface area contributed by atoms with Crippen LogP contribution in [-0.4, -0.2) is 24.6 Å². The molecule has 0 bridgehead atoms. The zero-order valence-corrected chi connectivity index (χ0v) is 15.2. The van der Waals surface area contributed by atoms with Gasteiger partial charge in [-0.25, -0.2) is 4.39 Å². The molecule has 0 radical (unpaired) electrons. The van der Waals surface area contributed by atoms with Crippen LogP contribution in [0.4, 0.5) is 10.1 Å². The Balaban J connectivity index is 1.94. The van der Waals surface area contributed by atoms with Crippen LogP contribution in [0.25, 0.3) is 0 Å². The Labute approximate surface area is 151 Å². The van der Waals surface area contributed by atoms with Crippen LogP contribution in [-0.2, 0) is 15.0 Å². The van der Waals surface area contributed by atoms with Crippen molar-refractivity contribution in [2.24, 2.45) is 0 Å². The van der Waals surface area contributed by atoms with E-state index in [0.29, 0.717) is 5.69 Å². The van der Waals surface area contributed by atoms with Crippen LogP contribution >= 0.6 is 11.8 Å². The van der Waals surface area contributed by atoms with Crippen molar-refractivity contribution in [3.8, 4) is 0 Å². The summed E-state index contributed by atoms with van der Waals surface area (Å²) in [4.78, 5) is 25.1. The lowest BCUT2D eigenvalue weighted by molar-refractivity contribution is -0.136. The van der Waals surface area contributed by atoms with Gasteiger partial charge in [-0.2, -0.15) is 0 Å². The summed E-state index contributed by atoms with van der Waals surface area (Å²) in [6.07, 6.45) is 1.94. The van der Waals surface area contributed by atoms with Gasteiger partial charge in [-0.3, -0.25) is 9.59 Å². The second kappa shape index (κ2) is 8.16. The smallest absolute Gasteiger partial charge is 0.313 e. The molecule has 2 aromatic carbocycles. The van der Waals surface area contributed by atoms with Crippen LogP contribution < -0.4 is 10.6 Å². The minimum absolute atomic E-state index is 0.260. The minimum Gasteiger partial charge on any atom is -0.347 e. The molecule has 2 rings (SSSR count). The molecular formula is C19H21FN2O2S. The third-order valence-corrected chi connectivity index (χ3v) is 4.58. The molecule has 4 nitrogen and oxygen atoms in total. The van der Waals surface area contributed by atoms with Crippen molar-refractivity contribution in [1.29, 1.82) is 0 Å². The number of benzene rings is 2. The predicted octanol–water partition coefficient (Wildman–Crippen LogP) is 3.58. The van der Waals surface area contributed by atoms with Gasteiger partial charge < -0.3 is 10.6 Å². The Kier molecular flexibility index (Phi) is 6.20. The highest BCUT2D eigenvalue weighted by Gasteiger charge is 2.23. The van der Waals surface area contributed by atoms with E-state index in [1.54, 1.807) is 36.0 Å². The predicted molar refractivity (Wildman–Crippen MR) is 99.3 cm³/mol. The van der Waals surface area contributed by atoms with E-state index in [1.165, 1.54) is 12.1 Å². The van der Waals surface area contributed by atoms with Gasteiger partial charge in [-0.05, 0) is 42.2 Å². The zero-order valence-electron chi connectivity index (χ0n) is 14.4. The SMILES string of the molecule is CSc1cccc(NC(=O)C(=O)NCC(C)(C)c2ccc(F)cc2)c1. The number of hydrogen-bond acceptors (Lipinski definition) is 3. The van der Waals surface area contributed by atoms with Crippen LogP contribution in [0.1, 0.15) is 19.4 Å². The van der Waals surface area contributed by atoms with Crippen molar-refractivity contribution in [2.45, 2.75) is 24.2 Å². The van der Waals surface area contributed by atoms with Gasteiger partial charge in [-0.15, -0.1) is 11.8 Å². The second-order valence-electron chi connectivity index (χ2n) is 6.26. The molecule has 0 fully saturated rings. The van der Waals surface area contributed by atoms with Gasteiger partial charge in [0, 0.05) is 22.5 Å². The molecule has 6 heteroatoms. The molecule has 0 spiro atoms. The summed E-state index contributed by atoms with van der Waals surface area (Å²) in [6.45, 7) is 4.09. The topological polar surface area (TPSA) is 58.2 Å². The van der Waals surface area contributed by atoms with Crippen molar-refractivity contribution in [3.05, 3.63) is 59.9 Å². The van der Waals surface area contributed by atoms with Crippen molar-refractivity contribution >= 4 is 29.3 Å². The second-order valence-corrected chi connectivity index (χ2v) is 7.14. The number of anilines is 1. The Bertz CT molecular complexity index is 760. The van der Waals surface area contributed by atoms with Crippen LogP contribution in [0.3, 0.4) is 0 Å². The number of thioether (sulfide) groups is 1. The summed E-state index contributed by atoms with van der Waals surface area (Å²) in [5, 5.41) is 5.22. The molecule has 2 N–H and O–H groups in total. The summed E-state index contributed by atoms with van der Waals surface area (Å²) >= 11 is 1.55. The number of nitrogens with one attached hydrogen (secondary N) is 2. The highest BCUT2D eigenvalue weighted by Crippen LogP contribution is 2.22. The Morgan fingerprint density at radius 3 is 2.40 bits per heavy atom. The van der Waals surface area contributed by atoms with Gasteiger partial charge in [0.1, 0.15) is 5.82 Å². The summed E-state index contributed by atoms with van der Waals surface area (Å²) in [5.41, 5.74) is 1.02. The molecule has 0 aliphatic carbocycles. The summed E-state index contributed by atoms with van der Waals surface area (Å²) < 4.78 is 13.0. The fourth-order valence-corrected chi connectivity index (χ4v) is 2.73. The maximum atomic E-state index is 13.0. The van der Waals surface area contributed by atoms with Crippen LogP contribution in [0.5, 0.6) is 0 Å². The van der Waals surface area contributed by atoms with E-state index >= 15 is 0 Å². The van der Waals surface area contributed by atoms with Crippen LogP contribution in [0.15, 0.2) is 53.4 Å². The summed E-state index contributed by atoms with van der Waals surface area (Å²) in [6, 6.07) is 13.4. The summed E-state index contributed by atoms with van der Waals surface area (Å²) in [7, 11) is 0. The van der Waals surface area contributed by atoms with Gasteiger partial charge in [0.15, 0.2) is 0 Å². The third-order valence-electron chi connectivity index (χ3n) is 3.85. The molecule has 0 aliphatic rings. The number of carbonyl (C=O) groups is 2. The largest absolute Gasteiger partial charge is 0.347 e. The van der Waals surface area contributed by atoms with Crippen molar-refractivity contribution < 1.29 is 14.0 Å². The van der Waals surface area contributed by atoms with Crippen LogP contribution in [0, 0.1) is 5.82 Å². The number of halogens is 1. The maximum Gasteiger partial charge on any atom is 0.313 e. The summed E-state index contributed by atoms with van der Waals surface area (Å²) in [5.74, 6) is -1.73. The average molecular weight is 360 g/mol. The normalized spacial score (nSPS) is 11.0. The van der Waals surface area contributed by atoms with Crippen molar-refractivity contribution in [1.82, 2.24) is 5.32 Å². The highest BCUT2D eigenvalue weighted by atomic mass is 32.2. The van der Waals surface area contributed by atoms with Gasteiger partial charge >= 0.3 is 11.8 Å². The number of hydrogen-bond donors (Lipinski definition) is 2. The minimum atomic E-state index is -0.715. The van der Waals surface area contributed by atoms with Crippen molar-refractivity contribution in [3.63, 3.8) is 0 Å². The molecule has 0 saturated carbocycles. The van der Waals surface area contributed by atoms with Gasteiger partial charge in [0.25, 0.3) is 0 Å². The van der Waals surface area contributed by atoms with E-state index in [2.05, 4.69) is 10.6 Å². The van der Waals surface area contributed by atoms with E-state index in [9.17, 15) is 14.0 Å². The average Bonchev–Trinajstić information content (AvgIpc) is 2.60. The van der Waals surface area contributed by atoms with E-state index in [1.807, 2.05) is 32.2 Å². The molecule has 132 valence electrons. The molecule has 0 unspecified atom stereocenters. The monoisotopic (exact) mass is 360 g/mol. The van der Waals surface area contributed by atoms with Gasteiger partial charge in [0.2, 0.25) is 0 Å². The molecule has 0 aliphatic heterocycles. The molecule has 0 atom stereocenters. The first-order valence-electron chi connectivity index (χ1n) is 7.81. The highest BCUT2D eigenvalue weighted by molar-refractivity contribution is 7.98. The van der Waals surface area contributed by atoms with E-state index in [4.69, 9.17) is 0 Å². The van der Waals surface area contributed by atoms with Gasteiger partial charge in [0.05, 0.1) is 0 Å². The number of carbonyl (C=O) groups excluding carboxylic acids is 2. The number of rotatable bonds is 5. The van der Waals surface area contributed by atoms with Crippen molar-refractivity contribution in [2.75, 3.05) is 18.1 Å². The first-order valence-corrected chi connectivity index (χ1v) is 9.03. The molecular weight excluding hydrogens is 339 g/mol. The lowest BCUT2D eigenvalue weighted by Crippen LogP contribution is -2.42. The number of amides is 2.